The van der Waals surface area contributed by atoms with Gasteiger partial charge in [-0.25, -0.2) is 8.78 Å². The second-order valence-electron chi connectivity index (χ2n) is 5.00. The number of ketones is 1. The molecule has 0 spiro atoms. The summed E-state index contributed by atoms with van der Waals surface area (Å²) in [5.41, 5.74) is -0.898. The fraction of sp³-hybridized carbons (Fsp3) is 0.462. The third-order valence-corrected chi connectivity index (χ3v) is 3.13. The Balaban J connectivity index is 2.04. The van der Waals surface area contributed by atoms with E-state index in [4.69, 9.17) is 0 Å². The molecule has 0 aliphatic carbocycles. The van der Waals surface area contributed by atoms with Gasteiger partial charge in [-0.05, 0) is 25.5 Å². The van der Waals surface area contributed by atoms with Crippen LogP contribution in [0.2, 0.25) is 0 Å². The Hall–Kier alpha value is -1.33. The molecule has 1 aromatic carbocycles. The van der Waals surface area contributed by atoms with E-state index < -0.39 is 23.0 Å². The zero-order valence-electron chi connectivity index (χ0n) is 10.1. The van der Waals surface area contributed by atoms with Gasteiger partial charge in [-0.2, -0.15) is 0 Å². The molecule has 5 heteroatoms. The highest BCUT2D eigenvalue weighted by Gasteiger charge is 2.32. The summed E-state index contributed by atoms with van der Waals surface area (Å²) in [5.74, 6) is -1.94. The van der Waals surface area contributed by atoms with Gasteiger partial charge in [0.05, 0.1) is 17.7 Å². The normalized spacial score (nSPS) is 24.4. The van der Waals surface area contributed by atoms with E-state index >= 15 is 0 Å². The number of nitrogens with zero attached hydrogens (tertiary/aromatic N) is 1. The Morgan fingerprint density at radius 1 is 1.50 bits per heavy atom. The van der Waals surface area contributed by atoms with Crippen molar-refractivity contribution in [1.29, 1.82) is 0 Å². The van der Waals surface area contributed by atoms with E-state index in [2.05, 4.69) is 0 Å². The predicted molar refractivity (Wildman–Crippen MR) is 62.4 cm³/mol. The minimum atomic E-state index is -0.842. The molecule has 1 unspecified atom stereocenters. The summed E-state index contributed by atoms with van der Waals surface area (Å²) in [4.78, 5) is 13.6. The first kappa shape index (κ1) is 13.1. The average molecular weight is 255 g/mol. The van der Waals surface area contributed by atoms with Crippen molar-refractivity contribution in [2.45, 2.75) is 18.9 Å². The number of likely N-dealkylation sites (tertiary alicyclic amines) is 1. The Morgan fingerprint density at radius 2 is 2.22 bits per heavy atom. The first-order valence-electron chi connectivity index (χ1n) is 5.80. The number of hydrogen-bond donors (Lipinski definition) is 1. The van der Waals surface area contributed by atoms with Crippen LogP contribution >= 0.6 is 0 Å². The highest BCUT2D eigenvalue weighted by atomic mass is 19.1. The number of rotatable bonds is 3. The molecule has 0 radical (unpaired) electrons. The van der Waals surface area contributed by atoms with Crippen LogP contribution in [-0.2, 0) is 0 Å². The van der Waals surface area contributed by atoms with E-state index in [9.17, 15) is 18.7 Å². The monoisotopic (exact) mass is 255 g/mol. The summed E-state index contributed by atoms with van der Waals surface area (Å²) in [7, 11) is 0. The lowest BCUT2D eigenvalue weighted by Crippen LogP contribution is -2.33. The van der Waals surface area contributed by atoms with E-state index in [0.717, 1.165) is 12.1 Å². The molecule has 1 heterocycles. The molecule has 0 saturated carbocycles. The fourth-order valence-corrected chi connectivity index (χ4v) is 2.18. The van der Waals surface area contributed by atoms with Crippen LogP contribution in [0.5, 0.6) is 0 Å². The molecule has 1 aliphatic rings. The van der Waals surface area contributed by atoms with Crippen molar-refractivity contribution >= 4 is 5.78 Å². The number of β-amino-alcohol motifs (C(OH)–C–C–N with tert-alkyl or cyclic N) is 1. The summed E-state index contributed by atoms with van der Waals surface area (Å²) in [5, 5.41) is 9.76. The molecule has 1 atom stereocenters. The Bertz CT molecular complexity index is 474. The molecule has 0 amide bonds. The van der Waals surface area contributed by atoms with Gasteiger partial charge in [-0.1, -0.05) is 0 Å². The maximum absolute atomic E-state index is 13.4. The molecule has 98 valence electrons. The van der Waals surface area contributed by atoms with Crippen LogP contribution in [0.4, 0.5) is 8.78 Å². The lowest BCUT2D eigenvalue weighted by atomic mass is 10.1. The molecule has 3 nitrogen and oxygen atoms in total. The quantitative estimate of drug-likeness (QED) is 0.834. The van der Waals surface area contributed by atoms with Crippen LogP contribution in [0, 0.1) is 11.6 Å². The van der Waals surface area contributed by atoms with E-state index in [1.165, 1.54) is 0 Å². The van der Waals surface area contributed by atoms with Gasteiger partial charge in [0.15, 0.2) is 5.78 Å². The summed E-state index contributed by atoms with van der Waals surface area (Å²) in [6.07, 6.45) is 0.589. The van der Waals surface area contributed by atoms with Gasteiger partial charge in [-0.3, -0.25) is 9.69 Å². The van der Waals surface area contributed by atoms with Crippen LogP contribution in [-0.4, -0.2) is 41.0 Å². The number of Topliss-reactive ketones (excluding diaryl/α,β-unsaturated/α-hetero) is 1. The second-order valence-corrected chi connectivity index (χ2v) is 5.00. The van der Waals surface area contributed by atoms with Gasteiger partial charge in [0.25, 0.3) is 0 Å². The number of carbonyl (C=O) groups is 1. The molecule has 1 aromatic rings. The predicted octanol–water partition coefficient (Wildman–Crippen LogP) is 1.60. The van der Waals surface area contributed by atoms with Crippen LogP contribution in [0.3, 0.4) is 0 Å². The third-order valence-electron chi connectivity index (χ3n) is 3.13. The zero-order valence-corrected chi connectivity index (χ0v) is 10.1. The van der Waals surface area contributed by atoms with Crippen LogP contribution in [0.1, 0.15) is 23.7 Å². The van der Waals surface area contributed by atoms with Crippen molar-refractivity contribution in [2.24, 2.45) is 0 Å². The SMILES string of the molecule is CC1(O)CCN(CC(=O)c2ccc(F)cc2F)C1. The van der Waals surface area contributed by atoms with E-state index in [1.54, 1.807) is 11.8 Å². The van der Waals surface area contributed by atoms with Gasteiger partial charge in [-0.15, -0.1) is 0 Å². The van der Waals surface area contributed by atoms with Crippen molar-refractivity contribution < 1.29 is 18.7 Å². The van der Waals surface area contributed by atoms with Crippen LogP contribution in [0.15, 0.2) is 18.2 Å². The first-order chi connectivity index (χ1) is 8.37. The van der Waals surface area contributed by atoms with Crippen molar-refractivity contribution in [3.8, 4) is 0 Å². The smallest absolute Gasteiger partial charge is 0.179 e. The molecular weight excluding hydrogens is 240 g/mol. The standard InChI is InChI=1S/C13H15F2NO2/c1-13(18)4-5-16(8-13)7-12(17)10-3-2-9(14)6-11(10)15/h2-3,6,18H,4-5,7-8H2,1H3. The van der Waals surface area contributed by atoms with E-state index in [1.807, 2.05) is 0 Å². The van der Waals surface area contributed by atoms with Crippen molar-refractivity contribution in [3.05, 3.63) is 35.4 Å². The molecule has 1 N–H and O–H groups in total. The van der Waals surface area contributed by atoms with Gasteiger partial charge < -0.3 is 5.11 Å². The number of carbonyl (C=O) groups excluding carboxylic acids is 1. The minimum Gasteiger partial charge on any atom is -0.389 e. The molecule has 1 aliphatic heterocycles. The molecule has 2 rings (SSSR count). The number of benzene rings is 1. The Labute approximate surface area is 104 Å². The summed E-state index contributed by atoms with van der Waals surface area (Å²) in [6, 6.07) is 2.92. The second kappa shape index (κ2) is 4.74. The lowest BCUT2D eigenvalue weighted by Gasteiger charge is -2.18. The Morgan fingerprint density at radius 3 is 2.78 bits per heavy atom. The third kappa shape index (κ3) is 2.91. The zero-order chi connectivity index (χ0) is 13.3. The highest BCUT2D eigenvalue weighted by Crippen LogP contribution is 2.20. The Kier molecular flexibility index (Phi) is 3.45. The van der Waals surface area contributed by atoms with Crippen molar-refractivity contribution in [2.75, 3.05) is 19.6 Å². The number of aliphatic hydroxyl groups is 1. The summed E-state index contributed by atoms with van der Waals surface area (Å²) >= 11 is 0. The topological polar surface area (TPSA) is 40.5 Å². The summed E-state index contributed by atoms with van der Waals surface area (Å²) in [6.45, 7) is 2.73. The van der Waals surface area contributed by atoms with Gasteiger partial charge in [0.2, 0.25) is 0 Å². The molecule has 18 heavy (non-hydrogen) atoms. The van der Waals surface area contributed by atoms with Crippen molar-refractivity contribution in [3.63, 3.8) is 0 Å². The maximum atomic E-state index is 13.4. The molecule has 1 fully saturated rings. The van der Waals surface area contributed by atoms with Crippen molar-refractivity contribution in [1.82, 2.24) is 4.90 Å². The fourth-order valence-electron chi connectivity index (χ4n) is 2.18. The highest BCUT2D eigenvalue weighted by molar-refractivity contribution is 5.97. The maximum Gasteiger partial charge on any atom is 0.179 e. The molecule has 0 bridgehead atoms. The van der Waals surface area contributed by atoms with Crippen LogP contribution < -0.4 is 0 Å². The average Bonchev–Trinajstić information content (AvgIpc) is 2.57. The van der Waals surface area contributed by atoms with Gasteiger partial charge in [0.1, 0.15) is 11.6 Å². The minimum absolute atomic E-state index is 0.0404. The van der Waals surface area contributed by atoms with E-state index in [0.29, 0.717) is 25.6 Å². The number of halogens is 2. The van der Waals surface area contributed by atoms with Crippen LogP contribution in [0.25, 0.3) is 0 Å². The first-order valence-corrected chi connectivity index (χ1v) is 5.80. The van der Waals surface area contributed by atoms with Gasteiger partial charge >= 0.3 is 0 Å². The lowest BCUT2D eigenvalue weighted by molar-refractivity contribution is 0.0668. The molecular formula is C13H15F2NO2. The largest absolute Gasteiger partial charge is 0.389 e. The summed E-state index contributed by atoms with van der Waals surface area (Å²) < 4.78 is 26.1. The van der Waals surface area contributed by atoms with E-state index in [-0.39, 0.29) is 12.1 Å². The van der Waals surface area contributed by atoms with Gasteiger partial charge in [0, 0.05) is 19.2 Å². The molecule has 1 saturated heterocycles. The molecule has 0 aromatic heterocycles. The number of hydrogen-bond acceptors (Lipinski definition) is 3.